The molecule has 1 fully saturated rings. The Kier molecular flexibility index (Phi) is 7.18. The summed E-state index contributed by atoms with van der Waals surface area (Å²) in [7, 11) is 0. The first kappa shape index (κ1) is 24.2. The number of hydrogen-bond donors (Lipinski definition) is 1. The number of halogens is 1. The van der Waals surface area contributed by atoms with Gasteiger partial charge in [-0.05, 0) is 61.4 Å². The van der Waals surface area contributed by atoms with Gasteiger partial charge < -0.3 is 10.2 Å². The highest BCUT2D eigenvalue weighted by atomic mass is 32.2. The van der Waals surface area contributed by atoms with E-state index in [-0.39, 0.29) is 17.6 Å². The highest BCUT2D eigenvalue weighted by Crippen LogP contribution is 2.28. The van der Waals surface area contributed by atoms with E-state index in [1.54, 1.807) is 29.4 Å². The molecule has 36 heavy (non-hydrogen) atoms. The van der Waals surface area contributed by atoms with Crippen LogP contribution in [0.15, 0.2) is 59.9 Å². The average Bonchev–Trinajstić information content (AvgIpc) is 3.19. The molecule has 1 N–H and O–H groups in total. The van der Waals surface area contributed by atoms with Crippen molar-refractivity contribution in [3.05, 3.63) is 71.9 Å². The third kappa shape index (κ3) is 5.21. The third-order valence-electron chi connectivity index (χ3n) is 6.68. The van der Waals surface area contributed by atoms with Gasteiger partial charge >= 0.3 is 0 Å². The van der Waals surface area contributed by atoms with Gasteiger partial charge in [-0.1, -0.05) is 24.6 Å². The van der Waals surface area contributed by atoms with Gasteiger partial charge in [0, 0.05) is 30.7 Å². The average molecular weight is 505 g/mol. The van der Waals surface area contributed by atoms with Crippen LogP contribution in [-0.4, -0.2) is 45.0 Å². The van der Waals surface area contributed by atoms with Crippen LogP contribution in [0.4, 0.5) is 10.2 Å². The number of carbonyl (C=O) groups excluding carboxylic acids is 1. The molecule has 4 aromatic rings. The van der Waals surface area contributed by atoms with Crippen LogP contribution in [0.25, 0.3) is 16.7 Å². The van der Waals surface area contributed by atoms with Crippen LogP contribution in [0.1, 0.15) is 30.4 Å². The van der Waals surface area contributed by atoms with Gasteiger partial charge in [0.15, 0.2) is 5.65 Å². The molecule has 1 atom stereocenters. The summed E-state index contributed by atoms with van der Waals surface area (Å²) < 4.78 is 15.8. The minimum Gasteiger partial charge on any atom is -0.355 e. The fourth-order valence-corrected chi connectivity index (χ4v) is 4.97. The maximum absolute atomic E-state index is 14.1. The molecular formula is C27H29FN6OS. The molecule has 0 bridgehead atoms. The number of anilines is 1. The zero-order valence-corrected chi connectivity index (χ0v) is 21.3. The van der Waals surface area contributed by atoms with Gasteiger partial charge in [0.05, 0.1) is 17.0 Å². The van der Waals surface area contributed by atoms with Crippen molar-refractivity contribution in [1.82, 2.24) is 25.1 Å². The molecule has 0 aliphatic carbocycles. The Morgan fingerprint density at radius 1 is 1.17 bits per heavy atom. The van der Waals surface area contributed by atoms with Gasteiger partial charge in [-0.2, -0.15) is 0 Å². The summed E-state index contributed by atoms with van der Waals surface area (Å²) in [4.78, 5) is 25.4. The lowest BCUT2D eigenvalue weighted by molar-refractivity contribution is -0.125. The summed E-state index contributed by atoms with van der Waals surface area (Å²) in [6.45, 7) is 3.63. The standard InChI is InChI=1S/C27H29FN6OS/c1-18-6-9-21(13-24(18)28)34-16-23-25(32-34)30-17-31-26(23)33-12-4-3-5-20(15-33)27(35)29-14-19-7-10-22(36-2)11-8-19/h6-11,13,16-17,20H,3-5,12,14-15H2,1-2H3,(H,29,35). The van der Waals surface area contributed by atoms with Gasteiger partial charge in [-0.25, -0.2) is 19.0 Å². The summed E-state index contributed by atoms with van der Waals surface area (Å²) in [5.41, 5.74) is 2.84. The maximum Gasteiger partial charge on any atom is 0.225 e. The van der Waals surface area contributed by atoms with Crippen LogP contribution in [0.3, 0.4) is 0 Å². The van der Waals surface area contributed by atoms with Gasteiger partial charge in [-0.3, -0.25) is 4.79 Å². The Morgan fingerprint density at radius 2 is 2.00 bits per heavy atom. The second-order valence-electron chi connectivity index (χ2n) is 9.15. The predicted molar refractivity (Wildman–Crippen MR) is 141 cm³/mol. The van der Waals surface area contributed by atoms with Gasteiger partial charge in [0.1, 0.15) is 18.0 Å². The van der Waals surface area contributed by atoms with Crippen molar-refractivity contribution in [1.29, 1.82) is 0 Å². The summed E-state index contributed by atoms with van der Waals surface area (Å²) in [6, 6.07) is 13.3. The van der Waals surface area contributed by atoms with E-state index in [1.165, 1.54) is 17.3 Å². The first-order valence-electron chi connectivity index (χ1n) is 12.1. The minimum absolute atomic E-state index is 0.0620. The highest BCUT2D eigenvalue weighted by molar-refractivity contribution is 7.98. The first-order chi connectivity index (χ1) is 17.5. The Bertz CT molecular complexity index is 1370. The van der Waals surface area contributed by atoms with E-state index in [1.807, 2.05) is 18.5 Å². The first-order valence-corrected chi connectivity index (χ1v) is 13.4. The van der Waals surface area contributed by atoms with Crippen molar-refractivity contribution in [2.45, 2.75) is 37.6 Å². The number of carbonyl (C=O) groups is 1. The zero-order chi connectivity index (χ0) is 25.1. The van der Waals surface area contributed by atoms with E-state index in [9.17, 15) is 9.18 Å². The van der Waals surface area contributed by atoms with E-state index in [2.05, 4.69) is 49.5 Å². The largest absolute Gasteiger partial charge is 0.355 e. The Balaban J connectivity index is 1.34. The molecule has 1 saturated heterocycles. The predicted octanol–water partition coefficient (Wildman–Crippen LogP) is 4.91. The molecule has 3 heterocycles. The Labute approximate surface area is 214 Å². The lowest BCUT2D eigenvalue weighted by Crippen LogP contribution is -2.38. The molecule has 0 radical (unpaired) electrons. The fourth-order valence-electron chi connectivity index (χ4n) is 4.56. The van der Waals surface area contributed by atoms with E-state index in [0.29, 0.717) is 30.0 Å². The number of fused-ring (bicyclic) bond motifs is 1. The quantitative estimate of drug-likeness (QED) is 0.376. The van der Waals surface area contributed by atoms with Crippen LogP contribution in [0.2, 0.25) is 0 Å². The molecule has 5 rings (SSSR count). The number of benzene rings is 2. The Morgan fingerprint density at radius 3 is 2.78 bits per heavy atom. The second kappa shape index (κ2) is 10.7. The summed E-state index contributed by atoms with van der Waals surface area (Å²) in [6.07, 6.45) is 8.18. The van der Waals surface area contributed by atoms with E-state index >= 15 is 0 Å². The number of hydrogen-bond acceptors (Lipinski definition) is 6. The molecule has 1 aliphatic rings. The Hall–Kier alpha value is -3.46. The number of aromatic nitrogens is 4. The van der Waals surface area contributed by atoms with Crippen LogP contribution < -0.4 is 10.2 Å². The number of rotatable bonds is 6. The van der Waals surface area contributed by atoms with E-state index < -0.39 is 0 Å². The molecule has 186 valence electrons. The highest BCUT2D eigenvalue weighted by Gasteiger charge is 2.26. The topological polar surface area (TPSA) is 75.9 Å². The molecule has 2 aromatic heterocycles. The molecule has 1 aliphatic heterocycles. The molecule has 0 spiro atoms. The summed E-state index contributed by atoms with van der Waals surface area (Å²) in [5, 5.41) is 8.46. The van der Waals surface area contributed by atoms with E-state index in [0.717, 1.165) is 42.6 Å². The van der Waals surface area contributed by atoms with E-state index in [4.69, 9.17) is 0 Å². The van der Waals surface area contributed by atoms with Crippen molar-refractivity contribution in [3.63, 3.8) is 0 Å². The molecule has 1 amide bonds. The third-order valence-corrected chi connectivity index (χ3v) is 7.43. The van der Waals surface area contributed by atoms with Crippen molar-refractivity contribution < 1.29 is 9.18 Å². The van der Waals surface area contributed by atoms with Crippen molar-refractivity contribution >= 4 is 34.5 Å². The minimum atomic E-state index is -0.278. The SMILES string of the molecule is CSc1ccc(CNC(=O)C2CCCCN(c3ncnc4nn(-c5ccc(C)c(F)c5)cc34)C2)cc1. The second-order valence-corrected chi connectivity index (χ2v) is 10.0. The molecule has 7 nitrogen and oxygen atoms in total. The van der Waals surface area contributed by atoms with Crippen molar-refractivity contribution in [3.8, 4) is 5.69 Å². The van der Waals surface area contributed by atoms with Crippen LogP contribution in [0.5, 0.6) is 0 Å². The van der Waals surface area contributed by atoms with Crippen molar-refractivity contribution in [2.75, 3.05) is 24.2 Å². The molecule has 2 aromatic carbocycles. The summed E-state index contributed by atoms with van der Waals surface area (Å²) in [5.74, 6) is 0.405. The lowest BCUT2D eigenvalue weighted by atomic mass is 10.0. The number of thioether (sulfide) groups is 1. The lowest BCUT2D eigenvalue weighted by Gasteiger charge is -2.25. The normalized spacial score (nSPS) is 16.2. The molecular weight excluding hydrogens is 475 g/mol. The molecule has 0 saturated carbocycles. The number of amides is 1. The number of nitrogens with one attached hydrogen (secondary N) is 1. The van der Waals surface area contributed by atoms with Crippen molar-refractivity contribution in [2.24, 2.45) is 5.92 Å². The van der Waals surface area contributed by atoms with Gasteiger partial charge in [0.2, 0.25) is 5.91 Å². The smallest absolute Gasteiger partial charge is 0.225 e. The van der Waals surface area contributed by atoms with Crippen LogP contribution in [0, 0.1) is 18.7 Å². The maximum atomic E-state index is 14.1. The molecule has 1 unspecified atom stereocenters. The number of nitrogens with zero attached hydrogens (tertiary/aromatic N) is 5. The monoisotopic (exact) mass is 504 g/mol. The van der Waals surface area contributed by atoms with Gasteiger partial charge in [0.25, 0.3) is 0 Å². The zero-order valence-electron chi connectivity index (χ0n) is 20.4. The van der Waals surface area contributed by atoms with Gasteiger partial charge in [-0.15, -0.1) is 16.9 Å². The van der Waals surface area contributed by atoms with Crippen LogP contribution >= 0.6 is 11.8 Å². The van der Waals surface area contributed by atoms with Crippen LogP contribution in [-0.2, 0) is 11.3 Å². The fraction of sp³-hybridized carbons (Fsp3) is 0.333. The number of aryl methyl sites for hydroxylation is 1. The summed E-state index contributed by atoms with van der Waals surface area (Å²) >= 11 is 1.70. The molecule has 9 heteroatoms.